The van der Waals surface area contributed by atoms with Gasteiger partial charge in [0.15, 0.2) is 5.82 Å². The van der Waals surface area contributed by atoms with Gasteiger partial charge in [-0.15, -0.1) is 0 Å². The number of amides is 1. The van der Waals surface area contributed by atoms with Crippen molar-refractivity contribution in [3.63, 3.8) is 0 Å². The van der Waals surface area contributed by atoms with Crippen molar-refractivity contribution in [2.45, 2.75) is 0 Å². The summed E-state index contributed by atoms with van der Waals surface area (Å²) >= 11 is 0. The first kappa shape index (κ1) is 11.2. The third-order valence-electron chi connectivity index (χ3n) is 2.80. The molecule has 3 rings (SSSR count). The van der Waals surface area contributed by atoms with Gasteiger partial charge in [0.25, 0.3) is 5.91 Å². The van der Waals surface area contributed by atoms with Crippen LogP contribution in [-0.2, 0) is 0 Å². The van der Waals surface area contributed by atoms with Gasteiger partial charge in [0.05, 0.1) is 17.3 Å². The van der Waals surface area contributed by atoms with E-state index in [0.29, 0.717) is 17.1 Å². The molecular formula is C13H11N5O. The lowest BCUT2D eigenvalue weighted by Crippen LogP contribution is -2.09. The predicted molar refractivity (Wildman–Crippen MR) is 71.8 cm³/mol. The first-order valence-corrected chi connectivity index (χ1v) is 5.64. The Hall–Kier alpha value is -2.89. The molecule has 0 saturated carbocycles. The largest absolute Gasteiger partial charge is 0.399 e. The van der Waals surface area contributed by atoms with Crippen LogP contribution in [0, 0.1) is 0 Å². The third kappa shape index (κ3) is 1.99. The highest BCUT2D eigenvalue weighted by Gasteiger charge is 2.07. The number of carbonyl (C=O) groups excluding carboxylic acids is 1. The van der Waals surface area contributed by atoms with Gasteiger partial charge in [0.1, 0.15) is 0 Å². The molecule has 0 aliphatic carbocycles. The molecule has 1 aromatic carbocycles. The number of nitrogens with zero attached hydrogens (tertiary/aromatic N) is 3. The Bertz CT molecular complexity index is 778. The van der Waals surface area contributed by atoms with E-state index >= 15 is 0 Å². The number of aromatic nitrogens is 3. The van der Waals surface area contributed by atoms with Crippen LogP contribution in [0.5, 0.6) is 0 Å². The second-order valence-electron chi connectivity index (χ2n) is 4.16. The first-order chi connectivity index (χ1) is 9.13. The fourth-order valence-electron chi connectivity index (χ4n) is 1.84. The maximum atomic E-state index is 11.0. The summed E-state index contributed by atoms with van der Waals surface area (Å²) in [6.45, 7) is 0. The zero-order chi connectivity index (χ0) is 13.4. The molecule has 3 aromatic rings. The lowest BCUT2D eigenvalue weighted by atomic mass is 10.2. The van der Waals surface area contributed by atoms with Crippen LogP contribution in [0.4, 0.5) is 5.69 Å². The maximum Gasteiger partial charge on any atom is 0.251 e. The van der Waals surface area contributed by atoms with E-state index in [9.17, 15) is 4.79 Å². The fraction of sp³-hybridized carbons (Fsp3) is 0. The van der Waals surface area contributed by atoms with Crippen molar-refractivity contribution in [3.8, 4) is 5.82 Å². The lowest BCUT2D eigenvalue weighted by molar-refractivity contribution is 0.100. The zero-order valence-electron chi connectivity index (χ0n) is 9.95. The second-order valence-corrected chi connectivity index (χ2v) is 4.16. The van der Waals surface area contributed by atoms with Crippen LogP contribution >= 0.6 is 0 Å². The van der Waals surface area contributed by atoms with E-state index in [1.165, 1.54) is 10.9 Å². The summed E-state index contributed by atoms with van der Waals surface area (Å²) in [4.78, 5) is 15.5. The van der Waals surface area contributed by atoms with Crippen LogP contribution in [0.25, 0.3) is 16.7 Å². The average molecular weight is 253 g/mol. The quantitative estimate of drug-likeness (QED) is 0.668. The van der Waals surface area contributed by atoms with Crippen LogP contribution in [0.15, 0.2) is 42.7 Å². The molecule has 0 atom stereocenters. The minimum Gasteiger partial charge on any atom is -0.399 e. The van der Waals surface area contributed by atoms with Crippen LogP contribution in [0.3, 0.4) is 0 Å². The molecule has 0 saturated heterocycles. The molecule has 0 aliphatic rings. The van der Waals surface area contributed by atoms with Crippen molar-refractivity contribution in [1.29, 1.82) is 0 Å². The van der Waals surface area contributed by atoms with Crippen LogP contribution < -0.4 is 11.5 Å². The summed E-state index contributed by atoms with van der Waals surface area (Å²) < 4.78 is 1.51. The minimum atomic E-state index is -0.514. The van der Waals surface area contributed by atoms with Crippen molar-refractivity contribution in [2.75, 3.05) is 5.73 Å². The first-order valence-electron chi connectivity index (χ1n) is 5.64. The monoisotopic (exact) mass is 253 g/mol. The molecule has 0 radical (unpaired) electrons. The number of nitrogen functional groups attached to an aromatic ring is 1. The number of carbonyl (C=O) groups is 1. The Morgan fingerprint density at radius 2 is 2.05 bits per heavy atom. The number of nitrogens with two attached hydrogens (primary N) is 2. The van der Waals surface area contributed by atoms with Gasteiger partial charge < -0.3 is 11.5 Å². The zero-order valence-corrected chi connectivity index (χ0v) is 9.95. The second kappa shape index (κ2) is 4.09. The molecule has 2 heterocycles. The third-order valence-corrected chi connectivity index (χ3v) is 2.80. The van der Waals surface area contributed by atoms with Crippen LogP contribution in [0.1, 0.15) is 10.4 Å². The Balaban J connectivity index is 2.09. The normalized spacial score (nSPS) is 10.7. The standard InChI is InChI=1S/C13H11N5O/c14-10-2-3-11-8(5-10)1-4-12(17-11)18-7-9(6-16-18)13(15)19/h1-7H,14H2,(H2,15,19). The fourth-order valence-corrected chi connectivity index (χ4v) is 1.84. The number of pyridine rings is 1. The molecule has 1 amide bonds. The molecule has 6 nitrogen and oxygen atoms in total. The van der Waals surface area contributed by atoms with Crippen LogP contribution in [0.2, 0.25) is 0 Å². The molecule has 6 heteroatoms. The van der Waals surface area contributed by atoms with Gasteiger partial charge in [-0.1, -0.05) is 0 Å². The molecule has 0 unspecified atom stereocenters. The number of fused-ring (bicyclic) bond motifs is 1. The van der Waals surface area contributed by atoms with Crippen molar-refractivity contribution in [2.24, 2.45) is 5.73 Å². The van der Waals surface area contributed by atoms with E-state index in [1.54, 1.807) is 18.3 Å². The summed E-state index contributed by atoms with van der Waals surface area (Å²) in [6.07, 6.45) is 2.96. The molecule has 19 heavy (non-hydrogen) atoms. The predicted octanol–water partition coefficient (Wildman–Crippen LogP) is 1.10. The molecule has 0 fully saturated rings. The summed E-state index contributed by atoms with van der Waals surface area (Å²) in [5.74, 6) is 0.101. The molecular weight excluding hydrogens is 242 g/mol. The number of rotatable bonds is 2. The van der Waals surface area contributed by atoms with E-state index in [4.69, 9.17) is 11.5 Å². The van der Waals surface area contributed by atoms with E-state index < -0.39 is 5.91 Å². The minimum absolute atomic E-state index is 0.346. The molecule has 94 valence electrons. The van der Waals surface area contributed by atoms with Gasteiger partial charge in [0, 0.05) is 17.3 Å². The van der Waals surface area contributed by atoms with Crippen molar-refractivity contribution in [1.82, 2.24) is 14.8 Å². The van der Waals surface area contributed by atoms with E-state index in [0.717, 1.165) is 10.9 Å². The number of hydrogen-bond donors (Lipinski definition) is 2. The summed E-state index contributed by atoms with van der Waals surface area (Å²) in [7, 11) is 0. The number of primary amides is 1. The van der Waals surface area contributed by atoms with Gasteiger partial charge in [-0.25, -0.2) is 9.67 Å². The van der Waals surface area contributed by atoms with Gasteiger partial charge in [-0.2, -0.15) is 5.10 Å². The Morgan fingerprint density at radius 1 is 1.21 bits per heavy atom. The van der Waals surface area contributed by atoms with Gasteiger partial charge in [0.2, 0.25) is 0 Å². The molecule has 4 N–H and O–H groups in total. The lowest BCUT2D eigenvalue weighted by Gasteiger charge is -2.03. The van der Waals surface area contributed by atoms with Crippen molar-refractivity contribution >= 4 is 22.5 Å². The smallest absolute Gasteiger partial charge is 0.251 e. The Labute approximate surface area is 108 Å². The molecule has 2 aromatic heterocycles. The van der Waals surface area contributed by atoms with Crippen molar-refractivity contribution < 1.29 is 4.79 Å². The van der Waals surface area contributed by atoms with E-state index in [1.807, 2.05) is 18.2 Å². The maximum absolute atomic E-state index is 11.0. The van der Waals surface area contributed by atoms with E-state index in [-0.39, 0.29) is 0 Å². The van der Waals surface area contributed by atoms with E-state index in [2.05, 4.69) is 10.1 Å². The summed E-state index contributed by atoms with van der Waals surface area (Å²) in [6, 6.07) is 9.19. The van der Waals surface area contributed by atoms with Gasteiger partial charge >= 0.3 is 0 Å². The summed E-state index contributed by atoms with van der Waals surface area (Å²) in [5.41, 5.74) is 12.7. The highest BCUT2D eigenvalue weighted by molar-refractivity contribution is 5.92. The highest BCUT2D eigenvalue weighted by Crippen LogP contribution is 2.17. The average Bonchev–Trinajstić information content (AvgIpc) is 2.88. The number of anilines is 1. The Morgan fingerprint density at radius 3 is 2.79 bits per heavy atom. The van der Waals surface area contributed by atoms with Crippen LogP contribution in [-0.4, -0.2) is 20.7 Å². The topological polar surface area (TPSA) is 99.8 Å². The SMILES string of the molecule is NC(=O)c1cnn(-c2ccc3cc(N)ccc3n2)c1. The molecule has 0 bridgehead atoms. The number of benzene rings is 1. The van der Waals surface area contributed by atoms with Crippen molar-refractivity contribution in [3.05, 3.63) is 48.3 Å². The van der Waals surface area contributed by atoms with Gasteiger partial charge in [-0.05, 0) is 30.3 Å². The molecule has 0 spiro atoms. The molecule has 0 aliphatic heterocycles. The highest BCUT2D eigenvalue weighted by atomic mass is 16.1. The van der Waals surface area contributed by atoms with Gasteiger partial charge in [-0.3, -0.25) is 4.79 Å². The summed E-state index contributed by atoms with van der Waals surface area (Å²) in [5, 5.41) is 5.01. The Kier molecular flexibility index (Phi) is 2.42. The number of hydrogen-bond acceptors (Lipinski definition) is 4.